The molecule has 2 unspecified atom stereocenters. The third-order valence-corrected chi connectivity index (χ3v) is 6.78. The van der Waals surface area contributed by atoms with Crippen LogP contribution in [0.5, 0.6) is 5.75 Å². The maximum atomic E-state index is 12.9. The summed E-state index contributed by atoms with van der Waals surface area (Å²) in [5.74, 6) is 0.857. The average Bonchev–Trinajstić information content (AvgIpc) is 2.67. The molecule has 0 radical (unpaired) electrons. The van der Waals surface area contributed by atoms with Crippen LogP contribution in [0.15, 0.2) is 53.4 Å². The monoisotopic (exact) mass is 402 g/mol. The normalized spacial score (nSPS) is 20.5. The zero-order valence-electron chi connectivity index (χ0n) is 16.4. The minimum absolute atomic E-state index is 0.240. The number of anilines is 1. The summed E-state index contributed by atoms with van der Waals surface area (Å²) in [5.41, 5.74) is 0.938. The number of piperidine rings is 1. The number of nitrogens with zero attached hydrogens (tertiary/aromatic N) is 1. The van der Waals surface area contributed by atoms with Gasteiger partial charge in [-0.15, -0.1) is 0 Å². The third kappa shape index (κ3) is 4.36. The van der Waals surface area contributed by atoms with E-state index in [1.807, 2.05) is 0 Å². The molecule has 2 aromatic carbocycles. The van der Waals surface area contributed by atoms with Crippen molar-refractivity contribution in [1.29, 1.82) is 0 Å². The van der Waals surface area contributed by atoms with Gasteiger partial charge in [-0.05, 0) is 54.7 Å². The summed E-state index contributed by atoms with van der Waals surface area (Å²) in [7, 11) is -2.03. The van der Waals surface area contributed by atoms with Crippen molar-refractivity contribution in [3.8, 4) is 5.75 Å². The van der Waals surface area contributed by atoms with E-state index in [9.17, 15) is 13.2 Å². The number of sulfonamides is 1. The fraction of sp³-hybridized carbons (Fsp3) is 0.381. The van der Waals surface area contributed by atoms with E-state index in [-0.39, 0.29) is 10.8 Å². The van der Waals surface area contributed by atoms with Gasteiger partial charge >= 0.3 is 0 Å². The highest BCUT2D eigenvalue weighted by atomic mass is 32.2. The molecule has 1 aliphatic rings. The molecule has 0 spiro atoms. The smallest absolute Gasteiger partial charge is 0.259 e. The maximum absolute atomic E-state index is 12.9. The Kier molecular flexibility index (Phi) is 6.05. The summed E-state index contributed by atoms with van der Waals surface area (Å²) in [6, 6.07) is 13.2. The number of methoxy groups -OCH3 is 1. The molecule has 0 aliphatic carbocycles. The summed E-state index contributed by atoms with van der Waals surface area (Å²) in [4.78, 5) is 12.7. The first-order chi connectivity index (χ1) is 13.3. The molecule has 1 aliphatic heterocycles. The standard InChI is InChI=1S/C21H26N2O4S/c1-15-12-16(2)14-23(13-15)28(25,26)18-10-8-17(9-11-18)22-21(24)19-6-4-5-7-20(19)27-3/h4-11,15-16H,12-14H2,1-3H3,(H,22,24). The molecule has 3 rings (SSSR count). The molecule has 1 heterocycles. The molecule has 1 fully saturated rings. The summed E-state index contributed by atoms with van der Waals surface area (Å²) in [6.07, 6.45) is 1.04. The Hall–Kier alpha value is -2.38. The molecular formula is C21H26N2O4S. The van der Waals surface area contributed by atoms with Gasteiger partial charge in [-0.3, -0.25) is 4.79 Å². The number of carbonyl (C=O) groups excluding carboxylic acids is 1. The first-order valence-electron chi connectivity index (χ1n) is 9.36. The van der Waals surface area contributed by atoms with Crippen LogP contribution in [0.1, 0.15) is 30.6 Å². The zero-order valence-corrected chi connectivity index (χ0v) is 17.2. The maximum Gasteiger partial charge on any atom is 0.259 e. The van der Waals surface area contributed by atoms with Crippen molar-refractivity contribution in [2.24, 2.45) is 11.8 Å². The molecule has 1 amide bonds. The number of carbonyl (C=O) groups is 1. The largest absolute Gasteiger partial charge is 0.496 e. The lowest BCUT2D eigenvalue weighted by Gasteiger charge is -2.34. The quantitative estimate of drug-likeness (QED) is 0.829. The van der Waals surface area contributed by atoms with Crippen LogP contribution in [0, 0.1) is 11.8 Å². The van der Waals surface area contributed by atoms with Crippen LogP contribution in [-0.4, -0.2) is 38.8 Å². The Bertz CT molecular complexity index is 931. The number of rotatable bonds is 5. The summed E-state index contributed by atoms with van der Waals surface area (Å²) < 4.78 is 32.6. The summed E-state index contributed by atoms with van der Waals surface area (Å²) in [6.45, 7) is 5.24. The van der Waals surface area contributed by atoms with Gasteiger partial charge in [0.2, 0.25) is 10.0 Å². The Morgan fingerprint density at radius 2 is 1.64 bits per heavy atom. The average molecular weight is 403 g/mol. The SMILES string of the molecule is COc1ccccc1C(=O)Nc1ccc(S(=O)(=O)N2CC(C)CC(C)C2)cc1. The number of hydrogen-bond acceptors (Lipinski definition) is 4. The van der Waals surface area contributed by atoms with Crippen molar-refractivity contribution in [2.75, 3.05) is 25.5 Å². The highest BCUT2D eigenvalue weighted by Gasteiger charge is 2.31. The highest BCUT2D eigenvalue weighted by Crippen LogP contribution is 2.27. The number of ether oxygens (including phenoxy) is 1. The van der Waals surface area contributed by atoms with Crippen molar-refractivity contribution in [1.82, 2.24) is 4.31 Å². The van der Waals surface area contributed by atoms with Gasteiger partial charge in [0.15, 0.2) is 0 Å². The van der Waals surface area contributed by atoms with E-state index in [0.29, 0.717) is 41.9 Å². The summed E-state index contributed by atoms with van der Waals surface area (Å²) in [5, 5.41) is 2.78. The highest BCUT2D eigenvalue weighted by molar-refractivity contribution is 7.89. The van der Waals surface area contributed by atoms with Crippen LogP contribution >= 0.6 is 0 Å². The molecule has 7 heteroatoms. The second-order valence-electron chi connectivity index (χ2n) is 7.45. The van der Waals surface area contributed by atoms with Crippen molar-refractivity contribution in [2.45, 2.75) is 25.2 Å². The lowest BCUT2D eigenvalue weighted by atomic mass is 9.94. The first-order valence-corrected chi connectivity index (χ1v) is 10.8. The number of amides is 1. The second-order valence-corrected chi connectivity index (χ2v) is 9.38. The fourth-order valence-corrected chi connectivity index (χ4v) is 5.37. The number of para-hydroxylation sites is 1. The van der Waals surface area contributed by atoms with Gasteiger partial charge < -0.3 is 10.1 Å². The summed E-state index contributed by atoms with van der Waals surface area (Å²) >= 11 is 0. The van der Waals surface area contributed by atoms with E-state index in [4.69, 9.17) is 4.74 Å². The first kappa shape index (κ1) is 20.4. The minimum Gasteiger partial charge on any atom is -0.496 e. The molecule has 2 aromatic rings. The van der Waals surface area contributed by atoms with Crippen molar-refractivity contribution < 1.29 is 17.9 Å². The Labute approximate surface area is 166 Å². The molecule has 150 valence electrons. The van der Waals surface area contributed by atoms with E-state index in [2.05, 4.69) is 19.2 Å². The number of benzene rings is 2. The van der Waals surface area contributed by atoms with Crippen LogP contribution in [0.2, 0.25) is 0 Å². The van der Waals surface area contributed by atoms with Crippen LogP contribution in [0.25, 0.3) is 0 Å². The second kappa shape index (κ2) is 8.32. The van der Waals surface area contributed by atoms with Gasteiger partial charge in [0.05, 0.1) is 17.6 Å². The van der Waals surface area contributed by atoms with Crippen LogP contribution in [-0.2, 0) is 10.0 Å². The molecule has 6 nitrogen and oxygen atoms in total. The predicted octanol–water partition coefficient (Wildman–Crippen LogP) is 3.61. The number of nitrogens with one attached hydrogen (secondary N) is 1. The van der Waals surface area contributed by atoms with Crippen LogP contribution in [0.3, 0.4) is 0 Å². The van der Waals surface area contributed by atoms with E-state index >= 15 is 0 Å². The van der Waals surface area contributed by atoms with Crippen LogP contribution < -0.4 is 10.1 Å². The zero-order chi connectivity index (χ0) is 20.3. The van der Waals surface area contributed by atoms with Gasteiger partial charge in [-0.25, -0.2) is 8.42 Å². The number of hydrogen-bond donors (Lipinski definition) is 1. The molecule has 28 heavy (non-hydrogen) atoms. The van der Waals surface area contributed by atoms with Gasteiger partial charge in [0, 0.05) is 18.8 Å². The van der Waals surface area contributed by atoms with Crippen molar-refractivity contribution >= 4 is 21.6 Å². The third-order valence-electron chi connectivity index (χ3n) is 4.94. The minimum atomic E-state index is -3.54. The van der Waals surface area contributed by atoms with Gasteiger partial charge in [-0.1, -0.05) is 26.0 Å². The van der Waals surface area contributed by atoms with Crippen molar-refractivity contribution in [3.05, 3.63) is 54.1 Å². The van der Waals surface area contributed by atoms with E-state index in [0.717, 1.165) is 6.42 Å². The van der Waals surface area contributed by atoms with Gasteiger partial charge in [0.1, 0.15) is 5.75 Å². The molecule has 2 atom stereocenters. The fourth-order valence-electron chi connectivity index (χ4n) is 3.69. The topological polar surface area (TPSA) is 75.7 Å². The lowest BCUT2D eigenvalue weighted by molar-refractivity contribution is 0.102. The molecule has 0 saturated carbocycles. The molecule has 0 aromatic heterocycles. The Balaban J connectivity index is 1.75. The molecule has 1 saturated heterocycles. The molecular weight excluding hydrogens is 376 g/mol. The van der Waals surface area contributed by atoms with Gasteiger partial charge in [-0.2, -0.15) is 4.31 Å². The lowest BCUT2D eigenvalue weighted by Crippen LogP contribution is -2.42. The van der Waals surface area contributed by atoms with Crippen molar-refractivity contribution in [3.63, 3.8) is 0 Å². The Morgan fingerprint density at radius 1 is 1.04 bits per heavy atom. The Morgan fingerprint density at radius 3 is 2.25 bits per heavy atom. The van der Waals surface area contributed by atoms with E-state index < -0.39 is 10.0 Å². The van der Waals surface area contributed by atoms with E-state index in [1.54, 1.807) is 40.7 Å². The van der Waals surface area contributed by atoms with Crippen LogP contribution in [0.4, 0.5) is 5.69 Å². The molecule has 1 N–H and O–H groups in total. The van der Waals surface area contributed by atoms with Gasteiger partial charge in [0.25, 0.3) is 5.91 Å². The predicted molar refractivity (Wildman–Crippen MR) is 109 cm³/mol. The molecule has 0 bridgehead atoms. The van der Waals surface area contributed by atoms with E-state index in [1.165, 1.54) is 19.2 Å².